The Bertz CT molecular complexity index is 1750. The van der Waals surface area contributed by atoms with Crippen LogP contribution in [0.3, 0.4) is 0 Å². The third kappa shape index (κ3) is 3.56. The first-order chi connectivity index (χ1) is 17.7. The van der Waals surface area contributed by atoms with Crippen LogP contribution in [0, 0.1) is 5.92 Å². The van der Waals surface area contributed by atoms with Gasteiger partial charge < -0.3 is 10.3 Å². The van der Waals surface area contributed by atoms with Crippen LogP contribution in [0.15, 0.2) is 67.4 Å². The molecule has 0 atom stereocenters. The molecule has 174 valence electrons. The Morgan fingerprint density at radius 2 is 1.92 bits per heavy atom. The maximum Gasteiger partial charge on any atom is 0.227 e. The number of aromatic amines is 2. The van der Waals surface area contributed by atoms with Crippen LogP contribution in [-0.4, -0.2) is 46.0 Å². The number of H-pyrrole nitrogens is 2. The van der Waals surface area contributed by atoms with Crippen LogP contribution < -0.4 is 5.32 Å². The molecule has 10 heteroatoms. The van der Waals surface area contributed by atoms with Crippen LogP contribution in [0.25, 0.3) is 56.1 Å². The SMILES string of the molecule is O=C(Nc1cncc(-c2cc3c(-c4nc5nccc(-c6ccccn6)c5[nH]4)n[nH]c3cn2)c1)C1CC1. The number of carbonyl (C=O) groups excluding carboxylic acids is 1. The average Bonchev–Trinajstić information content (AvgIpc) is 3.55. The zero-order chi connectivity index (χ0) is 24.1. The van der Waals surface area contributed by atoms with Crippen LogP contribution in [0.4, 0.5) is 5.69 Å². The van der Waals surface area contributed by atoms with Crippen LogP contribution in [0.2, 0.25) is 0 Å². The highest BCUT2D eigenvalue weighted by Crippen LogP contribution is 2.32. The van der Waals surface area contributed by atoms with Crippen molar-refractivity contribution in [3.63, 3.8) is 0 Å². The molecule has 6 aromatic rings. The van der Waals surface area contributed by atoms with E-state index in [-0.39, 0.29) is 11.8 Å². The number of amides is 1. The largest absolute Gasteiger partial charge is 0.335 e. The molecule has 0 aliphatic heterocycles. The van der Waals surface area contributed by atoms with Gasteiger partial charge in [-0.15, -0.1) is 0 Å². The number of nitrogens with one attached hydrogen (secondary N) is 3. The molecule has 1 fully saturated rings. The molecule has 0 aromatic carbocycles. The standard InChI is InChI=1S/C26H19N9O/c36-26(14-4-5-14)31-16-9-15(11-27-12-16)20-10-18-21(13-30-20)34-35-23(18)25-32-22-17(6-8-29-24(22)33-25)19-3-1-2-7-28-19/h1-3,6-14H,4-5H2,(H,31,36)(H,34,35)(H,29,32,33). The third-order valence-corrected chi connectivity index (χ3v) is 6.25. The maximum absolute atomic E-state index is 12.2. The van der Waals surface area contributed by atoms with E-state index in [1.54, 1.807) is 31.0 Å². The van der Waals surface area contributed by atoms with E-state index in [0.717, 1.165) is 46.1 Å². The van der Waals surface area contributed by atoms with E-state index in [9.17, 15) is 4.79 Å². The Morgan fingerprint density at radius 3 is 2.78 bits per heavy atom. The van der Waals surface area contributed by atoms with E-state index in [1.165, 1.54) is 0 Å². The van der Waals surface area contributed by atoms with Gasteiger partial charge >= 0.3 is 0 Å². The van der Waals surface area contributed by atoms with Gasteiger partial charge in [-0.3, -0.25) is 24.8 Å². The highest BCUT2D eigenvalue weighted by Gasteiger charge is 2.29. The van der Waals surface area contributed by atoms with Crippen molar-refractivity contribution in [3.05, 3.63) is 67.4 Å². The van der Waals surface area contributed by atoms with Crippen LogP contribution in [0.1, 0.15) is 12.8 Å². The quantitative estimate of drug-likeness (QED) is 0.338. The molecule has 36 heavy (non-hydrogen) atoms. The van der Waals surface area contributed by atoms with Gasteiger partial charge in [0.2, 0.25) is 5.91 Å². The highest BCUT2D eigenvalue weighted by molar-refractivity contribution is 5.97. The Hall–Kier alpha value is -4.99. The third-order valence-electron chi connectivity index (χ3n) is 6.25. The minimum atomic E-state index is 0.0399. The second-order valence-corrected chi connectivity index (χ2v) is 8.77. The predicted octanol–water partition coefficient (Wildman–Crippen LogP) is 4.37. The summed E-state index contributed by atoms with van der Waals surface area (Å²) in [6, 6.07) is 11.5. The second-order valence-electron chi connectivity index (χ2n) is 8.77. The molecule has 0 unspecified atom stereocenters. The van der Waals surface area contributed by atoms with Gasteiger partial charge in [0.15, 0.2) is 11.5 Å². The van der Waals surface area contributed by atoms with Gasteiger partial charge in [-0.05, 0) is 43.2 Å². The highest BCUT2D eigenvalue weighted by atomic mass is 16.2. The molecule has 3 N–H and O–H groups in total. The van der Waals surface area contributed by atoms with E-state index < -0.39 is 0 Å². The lowest BCUT2D eigenvalue weighted by atomic mass is 10.1. The minimum Gasteiger partial charge on any atom is -0.335 e. The predicted molar refractivity (Wildman–Crippen MR) is 135 cm³/mol. The summed E-state index contributed by atoms with van der Waals surface area (Å²) in [6.45, 7) is 0. The summed E-state index contributed by atoms with van der Waals surface area (Å²) in [5.74, 6) is 0.749. The summed E-state index contributed by atoms with van der Waals surface area (Å²) < 4.78 is 0. The van der Waals surface area contributed by atoms with Crippen LogP contribution in [0.5, 0.6) is 0 Å². The fraction of sp³-hybridized carbons (Fsp3) is 0.115. The van der Waals surface area contributed by atoms with Gasteiger partial charge in [0.1, 0.15) is 5.69 Å². The summed E-state index contributed by atoms with van der Waals surface area (Å²) in [6.07, 6.45) is 10.5. The average molecular weight is 474 g/mol. The monoisotopic (exact) mass is 473 g/mol. The van der Waals surface area contributed by atoms with E-state index in [0.29, 0.717) is 28.5 Å². The van der Waals surface area contributed by atoms with Crippen molar-refractivity contribution >= 4 is 33.7 Å². The van der Waals surface area contributed by atoms with Crippen LogP contribution >= 0.6 is 0 Å². The molecule has 6 heterocycles. The normalized spacial score (nSPS) is 13.3. The van der Waals surface area contributed by atoms with E-state index in [1.807, 2.05) is 36.4 Å². The molecule has 0 saturated heterocycles. The Labute approximate surface area is 204 Å². The van der Waals surface area contributed by atoms with Crippen molar-refractivity contribution in [1.82, 2.24) is 40.1 Å². The lowest BCUT2D eigenvalue weighted by Gasteiger charge is -2.06. The van der Waals surface area contributed by atoms with Gasteiger partial charge in [-0.25, -0.2) is 9.97 Å². The van der Waals surface area contributed by atoms with E-state index >= 15 is 0 Å². The van der Waals surface area contributed by atoms with Gasteiger partial charge in [0.25, 0.3) is 0 Å². The molecule has 0 spiro atoms. The Balaban J connectivity index is 1.28. The van der Waals surface area contributed by atoms with Crippen LogP contribution in [-0.2, 0) is 4.79 Å². The zero-order valence-electron chi connectivity index (χ0n) is 18.9. The molecule has 0 radical (unpaired) electrons. The van der Waals surface area contributed by atoms with Crippen molar-refractivity contribution in [2.75, 3.05) is 5.32 Å². The van der Waals surface area contributed by atoms with Crippen molar-refractivity contribution < 1.29 is 4.79 Å². The van der Waals surface area contributed by atoms with Crippen molar-refractivity contribution in [3.8, 4) is 34.0 Å². The van der Waals surface area contributed by atoms with E-state index in [2.05, 4.69) is 40.4 Å². The molecule has 7 rings (SSSR count). The second kappa shape index (κ2) is 8.05. The van der Waals surface area contributed by atoms with Gasteiger partial charge in [-0.2, -0.15) is 5.10 Å². The number of anilines is 1. The zero-order valence-corrected chi connectivity index (χ0v) is 18.9. The first-order valence-corrected chi connectivity index (χ1v) is 11.6. The summed E-state index contributed by atoms with van der Waals surface area (Å²) >= 11 is 0. The molecule has 1 aliphatic rings. The topological polar surface area (TPSA) is 138 Å². The summed E-state index contributed by atoms with van der Waals surface area (Å²) in [4.78, 5) is 38.0. The lowest BCUT2D eigenvalue weighted by molar-refractivity contribution is -0.117. The fourth-order valence-electron chi connectivity index (χ4n) is 4.25. The number of nitrogens with zero attached hydrogens (tertiary/aromatic N) is 6. The van der Waals surface area contributed by atoms with Gasteiger partial charge in [0.05, 0.1) is 40.5 Å². The first-order valence-electron chi connectivity index (χ1n) is 11.6. The number of hydrogen-bond donors (Lipinski definition) is 3. The summed E-state index contributed by atoms with van der Waals surface area (Å²) in [5, 5.41) is 11.3. The number of carbonyl (C=O) groups is 1. The summed E-state index contributed by atoms with van der Waals surface area (Å²) in [7, 11) is 0. The van der Waals surface area contributed by atoms with Crippen molar-refractivity contribution in [2.45, 2.75) is 12.8 Å². The van der Waals surface area contributed by atoms with Gasteiger partial charge in [0, 0.05) is 41.0 Å². The molecular weight excluding hydrogens is 454 g/mol. The van der Waals surface area contributed by atoms with Crippen molar-refractivity contribution in [2.24, 2.45) is 5.92 Å². The maximum atomic E-state index is 12.2. The van der Waals surface area contributed by atoms with E-state index in [4.69, 9.17) is 4.98 Å². The lowest BCUT2D eigenvalue weighted by Crippen LogP contribution is -2.13. The van der Waals surface area contributed by atoms with Crippen molar-refractivity contribution in [1.29, 1.82) is 0 Å². The number of imidazole rings is 1. The molecule has 1 amide bonds. The fourth-order valence-corrected chi connectivity index (χ4v) is 4.25. The Kier molecular flexibility index (Phi) is 4.56. The number of hydrogen-bond acceptors (Lipinski definition) is 7. The molecule has 10 nitrogen and oxygen atoms in total. The van der Waals surface area contributed by atoms with Gasteiger partial charge in [-0.1, -0.05) is 6.07 Å². The molecule has 6 aromatic heterocycles. The number of aromatic nitrogens is 8. The minimum absolute atomic E-state index is 0.0399. The molecular formula is C26H19N9O. The molecule has 0 bridgehead atoms. The number of pyridine rings is 4. The molecule has 1 saturated carbocycles. The number of fused-ring (bicyclic) bond motifs is 2. The summed E-state index contributed by atoms with van der Waals surface area (Å²) in [5.41, 5.74) is 6.72. The first kappa shape index (κ1) is 20.4. The number of rotatable bonds is 5. The smallest absolute Gasteiger partial charge is 0.227 e. The Morgan fingerprint density at radius 1 is 0.972 bits per heavy atom. The molecule has 1 aliphatic carbocycles.